The van der Waals surface area contributed by atoms with Gasteiger partial charge in [0.2, 0.25) is 15.9 Å². The highest BCUT2D eigenvalue weighted by Gasteiger charge is 2.28. The molecule has 0 atom stereocenters. The van der Waals surface area contributed by atoms with Gasteiger partial charge in [-0.1, -0.05) is 48.5 Å². The van der Waals surface area contributed by atoms with Gasteiger partial charge in [0.15, 0.2) is 0 Å². The van der Waals surface area contributed by atoms with Gasteiger partial charge in [-0.2, -0.15) is 4.31 Å². The number of piperazine rings is 1. The number of carbonyl (C=O) groups is 1. The van der Waals surface area contributed by atoms with E-state index in [4.69, 9.17) is 0 Å². The molecule has 3 rings (SSSR count). The second-order valence-corrected chi connectivity index (χ2v) is 9.57. The number of hydrogen-bond donors (Lipinski definition) is 0. The molecule has 0 N–H and O–H groups in total. The smallest absolute Gasteiger partial charge is 0.223 e. The van der Waals surface area contributed by atoms with Crippen molar-refractivity contribution in [1.29, 1.82) is 0 Å². The average Bonchev–Trinajstić information content (AvgIpc) is 2.69. The minimum Gasteiger partial charge on any atom is -0.340 e. The van der Waals surface area contributed by atoms with Gasteiger partial charge in [0, 0.05) is 43.2 Å². The molecule has 0 unspecified atom stereocenters. The summed E-state index contributed by atoms with van der Waals surface area (Å²) in [5, 5.41) is 0. The van der Waals surface area contributed by atoms with Crippen molar-refractivity contribution >= 4 is 27.7 Å². The van der Waals surface area contributed by atoms with Crippen molar-refractivity contribution in [3.63, 3.8) is 0 Å². The SMILES string of the molecule is O=C(CCSc1ccccc1)N1CCN(S(=O)(=O)Cc2ccccc2)CC1. The first kappa shape index (κ1) is 19.9. The lowest BCUT2D eigenvalue weighted by Gasteiger charge is -2.34. The molecule has 1 fully saturated rings. The Morgan fingerprint density at radius 1 is 0.889 bits per heavy atom. The third kappa shape index (κ3) is 5.82. The molecule has 0 saturated carbocycles. The van der Waals surface area contributed by atoms with Crippen molar-refractivity contribution in [1.82, 2.24) is 9.21 Å². The number of carbonyl (C=O) groups excluding carboxylic acids is 1. The highest BCUT2D eigenvalue weighted by molar-refractivity contribution is 7.99. The van der Waals surface area contributed by atoms with Crippen molar-refractivity contribution in [3.8, 4) is 0 Å². The van der Waals surface area contributed by atoms with Crippen LogP contribution >= 0.6 is 11.8 Å². The molecule has 2 aromatic carbocycles. The highest BCUT2D eigenvalue weighted by atomic mass is 32.2. The fraction of sp³-hybridized carbons (Fsp3) is 0.350. The zero-order chi connectivity index (χ0) is 19.1. The Morgan fingerprint density at radius 3 is 2.11 bits per heavy atom. The summed E-state index contributed by atoms with van der Waals surface area (Å²) >= 11 is 1.66. The van der Waals surface area contributed by atoms with Gasteiger partial charge in [-0.05, 0) is 17.7 Å². The average molecular weight is 405 g/mol. The quantitative estimate of drug-likeness (QED) is 0.666. The molecule has 5 nitrogen and oxygen atoms in total. The molecule has 0 radical (unpaired) electrons. The summed E-state index contributed by atoms with van der Waals surface area (Å²) in [5.74, 6) is 0.837. The summed E-state index contributed by atoms with van der Waals surface area (Å²) in [6.45, 7) is 1.66. The van der Waals surface area contributed by atoms with Crippen LogP contribution in [0.3, 0.4) is 0 Å². The first-order chi connectivity index (χ1) is 13.0. The summed E-state index contributed by atoms with van der Waals surface area (Å²) in [5.41, 5.74) is 0.786. The number of sulfonamides is 1. The van der Waals surface area contributed by atoms with E-state index in [-0.39, 0.29) is 11.7 Å². The van der Waals surface area contributed by atoms with Crippen molar-refractivity contribution < 1.29 is 13.2 Å². The van der Waals surface area contributed by atoms with Crippen LogP contribution in [0.1, 0.15) is 12.0 Å². The van der Waals surface area contributed by atoms with Gasteiger partial charge < -0.3 is 4.90 Å². The van der Waals surface area contributed by atoms with E-state index < -0.39 is 10.0 Å². The summed E-state index contributed by atoms with van der Waals surface area (Å²) < 4.78 is 26.7. The van der Waals surface area contributed by atoms with Crippen LogP contribution in [0.5, 0.6) is 0 Å². The predicted octanol–water partition coefficient (Wildman–Crippen LogP) is 2.84. The van der Waals surface area contributed by atoms with Gasteiger partial charge in [-0.25, -0.2) is 8.42 Å². The van der Waals surface area contributed by atoms with E-state index in [1.807, 2.05) is 60.7 Å². The molecular weight excluding hydrogens is 380 g/mol. The molecular formula is C20H24N2O3S2. The summed E-state index contributed by atoms with van der Waals surface area (Å²) in [7, 11) is -3.35. The second kappa shape index (κ2) is 9.39. The Balaban J connectivity index is 1.44. The van der Waals surface area contributed by atoms with Crippen molar-refractivity contribution in [2.75, 3.05) is 31.9 Å². The Bertz CT molecular complexity index is 834. The molecule has 0 aliphatic carbocycles. The number of amides is 1. The van der Waals surface area contributed by atoms with Gasteiger partial charge in [0.05, 0.1) is 5.75 Å². The van der Waals surface area contributed by atoms with E-state index in [0.717, 1.165) is 16.2 Å². The fourth-order valence-electron chi connectivity index (χ4n) is 3.02. The van der Waals surface area contributed by atoms with Crippen LogP contribution in [-0.4, -0.2) is 55.5 Å². The molecule has 0 spiro atoms. The monoisotopic (exact) mass is 404 g/mol. The standard InChI is InChI=1S/C20H24N2O3S2/c23-20(11-16-26-19-9-5-2-6-10-19)21-12-14-22(15-13-21)27(24,25)17-18-7-3-1-4-8-18/h1-10H,11-17H2. The van der Waals surface area contributed by atoms with Gasteiger partial charge in [0.1, 0.15) is 0 Å². The molecule has 0 bridgehead atoms. The predicted molar refractivity (Wildman–Crippen MR) is 109 cm³/mol. The summed E-state index contributed by atoms with van der Waals surface area (Å²) in [6, 6.07) is 19.2. The molecule has 7 heteroatoms. The van der Waals surface area contributed by atoms with Crippen molar-refractivity contribution in [2.45, 2.75) is 17.1 Å². The molecule has 2 aromatic rings. The van der Waals surface area contributed by atoms with Gasteiger partial charge >= 0.3 is 0 Å². The van der Waals surface area contributed by atoms with E-state index in [1.54, 1.807) is 16.7 Å². The number of thioether (sulfide) groups is 1. The zero-order valence-electron chi connectivity index (χ0n) is 15.2. The van der Waals surface area contributed by atoms with Gasteiger partial charge in [-0.15, -0.1) is 11.8 Å². The molecule has 1 aliphatic rings. The van der Waals surface area contributed by atoms with E-state index in [9.17, 15) is 13.2 Å². The van der Waals surface area contributed by atoms with Gasteiger partial charge in [0.25, 0.3) is 0 Å². The lowest BCUT2D eigenvalue weighted by Crippen LogP contribution is -2.50. The maximum atomic E-state index is 12.6. The zero-order valence-corrected chi connectivity index (χ0v) is 16.8. The number of nitrogens with zero attached hydrogens (tertiary/aromatic N) is 2. The molecule has 1 heterocycles. The Kier molecular flexibility index (Phi) is 6.93. The number of benzene rings is 2. The molecule has 144 valence electrons. The maximum Gasteiger partial charge on any atom is 0.223 e. The topological polar surface area (TPSA) is 57.7 Å². The normalized spacial score (nSPS) is 15.6. The third-order valence-electron chi connectivity index (χ3n) is 4.50. The second-order valence-electron chi connectivity index (χ2n) is 6.43. The minimum absolute atomic E-state index is 0.00943. The first-order valence-corrected chi connectivity index (χ1v) is 11.6. The Labute approximate surface area is 165 Å². The molecule has 1 amide bonds. The van der Waals surface area contributed by atoms with Crippen LogP contribution in [0.15, 0.2) is 65.6 Å². The maximum absolute atomic E-state index is 12.6. The number of hydrogen-bond acceptors (Lipinski definition) is 4. The lowest BCUT2D eigenvalue weighted by atomic mass is 10.2. The van der Waals surface area contributed by atoms with E-state index in [1.165, 1.54) is 4.31 Å². The van der Waals surface area contributed by atoms with Crippen LogP contribution in [0, 0.1) is 0 Å². The lowest BCUT2D eigenvalue weighted by molar-refractivity contribution is -0.131. The minimum atomic E-state index is -3.35. The summed E-state index contributed by atoms with van der Waals surface area (Å²) in [4.78, 5) is 15.3. The van der Waals surface area contributed by atoms with E-state index in [2.05, 4.69) is 0 Å². The Hall–Kier alpha value is -1.83. The molecule has 0 aromatic heterocycles. The van der Waals surface area contributed by atoms with E-state index in [0.29, 0.717) is 32.6 Å². The van der Waals surface area contributed by atoms with Crippen LogP contribution in [0.25, 0.3) is 0 Å². The molecule has 27 heavy (non-hydrogen) atoms. The van der Waals surface area contributed by atoms with Crippen molar-refractivity contribution in [3.05, 3.63) is 66.2 Å². The third-order valence-corrected chi connectivity index (χ3v) is 7.37. The first-order valence-electron chi connectivity index (χ1n) is 9.02. The largest absolute Gasteiger partial charge is 0.340 e. The van der Waals surface area contributed by atoms with Crippen LogP contribution < -0.4 is 0 Å². The summed E-state index contributed by atoms with van der Waals surface area (Å²) in [6.07, 6.45) is 0.469. The van der Waals surface area contributed by atoms with Crippen LogP contribution in [0.4, 0.5) is 0 Å². The van der Waals surface area contributed by atoms with Crippen molar-refractivity contribution in [2.24, 2.45) is 0 Å². The van der Waals surface area contributed by atoms with Crippen LogP contribution in [0.2, 0.25) is 0 Å². The van der Waals surface area contributed by atoms with E-state index >= 15 is 0 Å². The molecule has 1 aliphatic heterocycles. The Morgan fingerprint density at radius 2 is 1.48 bits per heavy atom. The number of rotatable bonds is 7. The van der Waals surface area contributed by atoms with Crippen LogP contribution in [-0.2, 0) is 20.6 Å². The highest BCUT2D eigenvalue weighted by Crippen LogP contribution is 2.19. The van der Waals surface area contributed by atoms with Gasteiger partial charge in [-0.3, -0.25) is 4.79 Å². The molecule has 1 saturated heterocycles. The fourth-order valence-corrected chi connectivity index (χ4v) is 5.40.